The van der Waals surface area contributed by atoms with Gasteiger partial charge in [-0.1, -0.05) is 36.4 Å². The van der Waals surface area contributed by atoms with E-state index in [0.717, 1.165) is 0 Å². The first-order valence-corrected chi connectivity index (χ1v) is 10.4. The van der Waals surface area contributed by atoms with Gasteiger partial charge < -0.3 is 35.8 Å². The van der Waals surface area contributed by atoms with Crippen LogP contribution in [0.5, 0.6) is 0 Å². The van der Waals surface area contributed by atoms with E-state index in [1.54, 1.807) is 60.7 Å². The Morgan fingerprint density at radius 3 is 1.69 bits per heavy atom. The summed E-state index contributed by atoms with van der Waals surface area (Å²) in [5, 5.41) is 45.7. The van der Waals surface area contributed by atoms with Crippen molar-refractivity contribution >= 4 is 11.8 Å². The molecule has 5 atom stereocenters. The van der Waals surface area contributed by atoms with Crippen molar-refractivity contribution in [3.05, 3.63) is 71.8 Å². The number of hydrogen-bond acceptors (Lipinski definition) is 7. The molecule has 0 aliphatic carbocycles. The van der Waals surface area contributed by atoms with E-state index in [1.807, 2.05) is 0 Å². The molecule has 0 unspecified atom stereocenters. The number of carbonyl (C=O) groups is 2. The van der Waals surface area contributed by atoms with E-state index in [9.17, 15) is 30.0 Å². The molecule has 1 aliphatic rings. The third kappa shape index (κ3) is 5.70. The summed E-state index contributed by atoms with van der Waals surface area (Å²) in [6.45, 7) is -0.558. The lowest BCUT2D eigenvalue weighted by Crippen LogP contribution is -2.62. The van der Waals surface area contributed by atoms with Crippen LogP contribution in [0.4, 0.5) is 0 Å². The van der Waals surface area contributed by atoms with E-state index in [4.69, 9.17) is 4.74 Å². The number of aliphatic hydroxyl groups excluding tert-OH is 4. The largest absolute Gasteiger partial charge is 0.394 e. The maximum absolute atomic E-state index is 12.5. The van der Waals surface area contributed by atoms with Crippen molar-refractivity contribution in [1.82, 2.24) is 10.6 Å². The Morgan fingerprint density at radius 2 is 1.25 bits per heavy atom. The van der Waals surface area contributed by atoms with Gasteiger partial charge >= 0.3 is 0 Å². The maximum Gasteiger partial charge on any atom is 0.251 e. The third-order valence-electron chi connectivity index (χ3n) is 5.52. The number of carbonyl (C=O) groups excluding carboxylic acids is 2. The van der Waals surface area contributed by atoms with E-state index in [-0.39, 0.29) is 24.9 Å². The molecule has 0 bridgehead atoms. The molecule has 0 radical (unpaired) electrons. The first kappa shape index (κ1) is 23.8. The summed E-state index contributed by atoms with van der Waals surface area (Å²) in [5.74, 6) is -1.37. The van der Waals surface area contributed by atoms with Crippen LogP contribution in [-0.4, -0.2) is 82.5 Å². The van der Waals surface area contributed by atoms with Crippen LogP contribution in [0.15, 0.2) is 60.7 Å². The third-order valence-corrected chi connectivity index (χ3v) is 5.52. The molecule has 0 aromatic heterocycles. The lowest BCUT2D eigenvalue weighted by atomic mass is 9.87. The molecular formula is C23H28N2O7. The molecular weight excluding hydrogens is 416 g/mol. The van der Waals surface area contributed by atoms with Gasteiger partial charge in [0.1, 0.15) is 24.4 Å². The number of benzene rings is 2. The predicted molar refractivity (Wildman–Crippen MR) is 115 cm³/mol. The smallest absolute Gasteiger partial charge is 0.251 e. The standard InChI is InChI=1S/C23H28N2O7/c26-13-17-18(27)19(28)20(29)21(32-17)16(11-24-22(30)14-7-3-1-4-8-14)12-25-23(31)15-9-5-2-6-10-15/h1-10,16-21,26-29H,11-13H2,(H,24,30)(H,25,31)/t17-,18-,19+,20-,21+/m1/s1. The highest BCUT2D eigenvalue weighted by Crippen LogP contribution is 2.26. The number of rotatable bonds is 8. The predicted octanol–water partition coefficient (Wildman–Crippen LogP) is -0.695. The summed E-state index contributed by atoms with van der Waals surface area (Å²) in [5.41, 5.74) is 0.877. The SMILES string of the molecule is O=C(NCC(CNC(=O)c1ccccc1)[C@@H]1O[C@H](CO)[C@@H](O)[C@H](O)[C@H]1O)c1ccccc1. The van der Waals surface area contributed by atoms with Gasteiger partial charge in [-0.15, -0.1) is 0 Å². The van der Waals surface area contributed by atoms with Crippen LogP contribution in [0.25, 0.3) is 0 Å². The molecule has 1 aliphatic heterocycles. The number of aliphatic hydroxyl groups is 4. The molecule has 2 amide bonds. The zero-order valence-corrected chi connectivity index (χ0v) is 17.4. The molecule has 9 nitrogen and oxygen atoms in total. The van der Waals surface area contributed by atoms with E-state index in [1.165, 1.54) is 0 Å². The lowest BCUT2D eigenvalue weighted by molar-refractivity contribution is -0.240. The highest BCUT2D eigenvalue weighted by Gasteiger charge is 2.46. The molecule has 3 rings (SSSR count). The van der Waals surface area contributed by atoms with E-state index in [0.29, 0.717) is 11.1 Å². The van der Waals surface area contributed by atoms with Crippen LogP contribution in [0.1, 0.15) is 20.7 Å². The van der Waals surface area contributed by atoms with Crippen LogP contribution < -0.4 is 10.6 Å². The first-order chi connectivity index (χ1) is 15.4. The molecule has 2 aromatic carbocycles. The van der Waals surface area contributed by atoms with Crippen molar-refractivity contribution in [2.75, 3.05) is 19.7 Å². The molecule has 6 N–H and O–H groups in total. The van der Waals surface area contributed by atoms with Crippen molar-refractivity contribution < 1.29 is 34.8 Å². The second-order valence-electron chi connectivity index (χ2n) is 7.71. The second kappa shape index (κ2) is 11.2. The molecule has 1 saturated heterocycles. The fraction of sp³-hybridized carbons (Fsp3) is 0.391. The normalized spacial score (nSPS) is 25.3. The van der Waals surface area contributed by atoms with E-state index in [2.05, 4.69) is 10.6 Å². The molecule has 32 heavy (non-hydrogen) atoms. The summed E-state index contributed by atoms with van der Waals surface area (Å²) in [7, 11) is 0. The lowest BCUT2D eigenvalue weighted by Gasteiger charge is -2.43. The maximum atomic E-state index is 12.5. The molecule has 9 heteroatoms. The van der Waals surface area contributed by atoms with Crippen LogP contribution in [0, 0.1) is 5.92 Å². The Bertz CT molecular complexity index is 823. The Balaban J connectivity index is 1.73. The van der Waals surface area contributed by atoms with Crippen LogP contribution >= 0.6 is 0 Å². The summed E-state index contributed by atoms with van der Waals surface area (Å²) in [6.07, 6.45) is -6.68. The molecule has 2 aromatic rings. The number of amides is 2. The van der Waals surface area contributed by atoms with Gasteiger partial charge in [-0.3, -0.25) is 9.59 Å². The minimum atomic E-state index is -1.55. The Morgan fingerprint density at radius 1 is 0.781 bits per heavy atom. The number of ether oxygens (including phenoxy) is 1. The quantitative estimate of drug-likeness (QED) is 0.316. The molecule has 0 spiro atoms. The summed E-state index contributed by atoms with van der Waals surface area (Å²) < 4.78 is 5.66. The van der Waals surface area contributed by atoms with Crippen LogP contribution in [0.2, 0.25) is 0 Å². The molecule has 1 fully saturated rings. The molecule has 0 saturated carbocycles. The van der Waals surface area contributed by atoms with Crippen molar-refractivity contribution in [2.24, 2.45) is 5.92 Å². The van der Waals surface area contributed by atoms with Gasteiger partial charge in [0.2, 0.25) is 0 Å². The minimum Gasteiger partial charge on any atom is -0.394 e. The number of nitrogens with one attached hydrogen (secondary N) is 2. The zero-order chi connectivity index (χ0) is 23.1. The fourth-order valence-corrected chi connectivity index (χ4v) is 3.66. The van der Waals surface area contributed by atoms with E-state index < -0.39 is 43.0 Å². The summed E-state index contributed by atoms with van der Waals surface area (Å²) >= 11 is 0. The monoisotopic (exact) mass is 444 g/mol. The van der Waals surface area contributed by atoms with Crippen molar-refractivity contribution in [1.29, 1.82) is 0 Å². The first-order valence-electron chi connectivity index (χ1n) is 10.4. The van der Waals surface area contributed by atoms with E-state index >= 15 is 0 Å². The minimum absolute atomic E-state index is 0.00544. The van der Waals surface area contributed by atoms with Gasteiger partial charge in [-0.2, -0.15) is 0 Å². The second-order valence-corrected chi connectivity index (χ2v) is 7.71. The highest BCUT2D eigenvalue weighted by atomic mass is 16.5. The van der Waals surface area contributed by atoms with Gasteiger partial charge in [0.05, 0.1) is 12.7 Å². The van der Waals surface area contributed by atoms with Crippen molar-refractivity contribution in [3.8, 4) is 0 Å². The number of hydrogen-bond donors (Lipinski definition) is 6. The molecule has 172 valence electrons. The van der Waals surface area contributed by atoms with Gasteiger partial charge in [0.25, 0.3) is 11.8 Å². The van der Waals surface area contributed by atoms with Crippen molar-refractivity contribution in [2.45, 2.75) is 30.5 Å². The average Bonchev–Trinajstić information content (AvgIpc) is 2.84. The highest BCUT2D eigenvalue weighted by molar-refractivity contribution is 5.94. The van der Waals surface area contributed by atoms with Crippen molar-refractivity contribution in [3.63, 3.8) is 0 Å². The van der Waals surface area contributed by atoms with Gasteiger partial charge in [0, 0.05) is 30.1 Å². The summed E-state index contributed by atoms with van der Waals surface area (Å²) in [4.78, 5) is 25.0. The van der Waals surface area contributed by atoms with Gasteiger partial charge in [-0.05, 0) is 24.3 Å². The summed E-state index contributed by atoms with van der Waals surface area (Å²) in [6, 6.07) is 17.1. The average molecular weight is 444 g/mol. The Kier molecular flexibility index (Phi) is 8.32. The van der Waals surface area contributed by atoms with Gasteiger partial charge in [-0.25, -0.2) is 0 Å². The zero-order valence-electron chi connectivity index (χ0n) is 17.4. The topological polar surface area (TPSA) is 148 Å². The Hall–Kier alpha value is -2.82. The fourth-order valence-electron chi connectivity index (χ4n) is 3.66. The van der Waals surface area contributed by atoms with Crippen LogP contribution in [0.3, 0.4) is 0 Å². The Labute approximate surface area is 185 Å². The molecule has 1 heterocycles. The van der Waals surface area contributed by atoms with Crippen LogP contribution in [-0.2, 0) is 4.74 Å². The van der Waals surface area contributed by atoms with Gasteiger partial charge in [0.15, 0.2) is 0 Å².